The molecule has 1 aromatic rings. The fraction of sp³-hybridized carbons (Fsp3) is 0.611. The van der Waals surface area contributed by atoms with Crippen molar-refractivity contribution in [3.63, 3.8) is 0 Å². The van der Waals surface area contributed by atoms with Crippen LogP contribution in [0.1, 0.15) is 24.8 Å². The first-order valence-electron chi connectivity index (χ1n) is 8.96. The van der Waals surface area contributed by atoms with Crippen LogP contribution >= 0.6 is 0 Å². The molecule has 3 aliphatic rings. The molecular weight excluding hydrogens is 340 g/mol. The second-order valence-electron chi connectivity index (χ2n) is 7.39. The number of hydrogen-bond acceptors (Lipinski definition) is 4. The van der Waals surface area contributed by atoms with E-state index in [1.807, 2.05) is 30.3 Å². The van der Waals surface area contributed by atoms with Crippen molar-refractivity contribution in [3.05, 3.63) is 35.9 Å². The Morgan fingerprint density at radius 2 is 1.96 bits per heavy atom. The van der Waals surface area contributed by atoms with Gasteiger partial charge in [0.25, 0.3) is 0 Å². The second kappa shape index (κ2) is 6.70. The fourth-order valence-corrected chi connectivity index (χ4v) is 5.26. The Kier molecular flexibility index (Phi) is 4.56. The van der Waals surface area contributed by atoms with Gasteiger partial charge in [-0.1, -0.05) is 30.3 Å². The highest BCUT2D eigenvalue weighted by molar-refractivity contribution is 7.88. The summed E-state index contributed by atoms with van der Waals surface area (Å²) < 4.78 is 32.9. The molecule has 3 atom stereocenters. The first kappa shape index (κ1) is 17.0. The van der Waals surface area contributed by atoms with Crippen molar-refractivity contribution in [1.29, 1.82) is 0 Å². The minimum absolute atomic E-state index is 0.00811. The van der Waals surface area contributed by atoms with Gasteiger partial charge in [0, 0.05) is 19.6 Å². The lowest BCUT2D eigenvalue weighted by molar-refractivity contribution is -0.127. The van der Waals surface area contributed by atoms with E-state index in [4.69, 9.17) is 4.74 Å². The average Bonchev–Trinajstić information content (AvgIpc) is 3.37. The van der Waals surface area contributed by atoms with Gasteiger partial charge in [-0.15, -0.1) is 0 Å². The smallest absolute Gasteiger partial charge is 0.225 e. The predicted molar refractivity (Wildman–Crippen MR) is 93.1 cm³/mol. The van der Waals surface area contributed by atoms with Gasteiger partial charge in [-0.25, -0.2) is 8.42 Å². The molecule has 1 N–H and O–H groups in total. The zero-order chi connectivity index (χ0) is 17.4. The molecule has 1 amide bonds. The van der Waals surface area contributed by atoms with Crippen molar-refractivity contribution < 1.29 is 17.9 Å². The molecule has 7 heteroatoms. The van der Waals surface area contributed by atoms with Gasteiger partial charge in [0.05, 0.1) is 23.9 Å². The number of carbonyl (C=O) groups excluding carboxylic acids is 1. The van der Waals surface area contributed by atoms with Crippen molar-refractivity contribution in [3.8, 4) is 0 Å². The topological polar surface area (TPSA) is 75.7 Å². The molecule has 3 fully saturated rings. The highest BCUT2D eigenvalue weighted by Gasteiger charge is 2.47. The van der Waals surface area contributed by atoms with Gasteiger partial charge >= 0.3 is 0 Å². The van der Waals surface area contributed by atoms with Crippen molar-refractivity contribution in [2.75, 3.05) is 19.6 Å². The van der Waals surface area contributed by atoms with Crippen LogP contribution in [0.3, 0.4) is 0 Å². The molecule has 0 aromatic heterocycles. The molecule has 2 saturated heterocycles. The summed E-state index contributed by atoms with van der Waals surface area (Å²) >= 11 is 0. The van der Waals surface area contributed by atoms with E-state index in [-0.39, 0.29) is 36.3 Å². The van der Waals surface area contributed by atoms with Crippen LogP contribution < -0.4 is 5.32 Å². The van der Waals surface area contributed by atoms with E-state index in [0.717, 1.165) is 12.1 Å². The quantitative estimate of drug-likeness (QED) is 0.821. The van der Waals surface area contributed by atoms with Gasteiger partial charge in [0.1, 0.15) is 0 Å². The van der Waals surface area contributed by atoms with E-state index >= 15 is 0 Å². The lowest BCUT2D eigenvalue weighted by Gasteiger charge is -2.32. The Hall–Kier alpha value is -1.44. The Labute approximate surface area is 148 Å². The summed E-state index contributed by atoms with van der Waals surface area (Å²) in [5.41, 5.74) is 0.778. The number of benzene rings is 1. The maximum absolute atomic E-state index is 12.7. The predicted octanol–water partition coefficient (Wildman–Crippen LogP) is 1.13. The van der Waals surface area contributed by atoms with Crippen LogP contribution in [-0.4, -0.2) is 50.5 Å². The van der Waals surface area contributed by atoms with E-state index in [1.165, 1.54) is 17.1 Å². The van der Waals surface area contributed by atoms with Crippen LogP contribution in [0.2, 0.25) is 0 Å². The first-order chi connectivity index (χ1) is 12.0. The molecule has 25 heavy (non-hydrogen) atoms. The van der Waals surface area contributed by atoms with Crippen LogP contribution in [0.5, 0.6) is 0 Å². The first-order valence-corrected chi connectivity index (χ1v) is 10.6. The van der Waals surface area contributed by atoms with E-state index in [2.05, 4.69) is 5.32 Å². The Balaban J connectivity index is 1.40. The van der Waals surface area contributed by atoms with E-state index < -0.39 is 10.0 Å². The number of carbonyl (C=O) groups is 1. The van der Waals surface area contributed by atoms with Gasteiger partial charge in [-0.05, 0) is 30.7 Å². The summed E-state index contributed by atoms with van der Waals surface area (Å²) in [6, 6.07) is 9.19. The van der Waals surface area contributed by atoms with Crippen molar-refractivity contribution in [2.24, 2.45) is 11.8 Å². The molecule has 2 bridgehead atoms. The lowest BCUT2D eigenvalue weighted by Crippen LogP contribution is -2.48. The maximum Gasteiger partial charge on any atom is 0.225 e. The number of nitrogens with one attached hydrogen (secondary N) is 1. The Morgan fingerprint density at radius 1 is 1.20 bits per heavy atom. The largest absolute Gasteiger partial charge is 0.371 e. The summed E-state index contributed by atoms with van der Waals surface area (Å²) in [5.74, 6) is 0.405. The van der Waals surface area contributed by atoms with Crippen LogP contribution in [-0.2, 0) is 25.3 Å². The summed E-state index contributed by atoms with van der Waals surface area (Å²) in [4.78, 5) is 12.4. The normalized spacial score (nSPS) is 29.5. The van der Waals surface area contributed by atoms with Crippen molar-refractivity contribution in [1.82, 2.24) is 9.62 Å². The molecule has 0 unspecified atom stereocenters. The van der Waals surface area contributed by atoms with E-state index in [9.17, 15) is 13.2 Å². The van der Waals surface area contributed by atoms with Gasteiger partial charge in [0.2, 0.25) is 15.9 Å². The van der Waals surface area contributed by atoms with Crippen LogP contribution in [0.4, 0.5) is 0 Å². The second-order valence-corrected chi connectivity index (χ2v) is 9.35. The number of nitrogens with zero attached hydrogens (tertiary/aromatic N) is 1. The van der Waals surface area contributed by atoms with E-state index in [1.54, 1.807) is 0 Å². The molecular formula is C18H24N2O4S. The zero-order valence-electron chi connectivity index (χ0n) is 14.1. The SMILES string of the molecule is O=C(NCC1CC1)[C@@H]1C[C@H]2CN(S(=O)(=O)Cc3ccccc3)C[C@@H]1O2. The van der Waals surface area contributed by atoms with Crippen molar-refractivity contribution in [2.45, 2.75) is 37.2 Å². The van der Waals surface area contributed by atoms with Crippen molar-refractivity contribution >= 4 is 15.9 Å². The number of rotatable bonds is 6. The zero-order valence-corrected chi connectivity index (χ0v) is 15.0. The van der Waals surface area contributed by atoms with Gasteiger partial charge in [0.15, 0.2) is 0 Å². The highest BCUT2D eigenvalue weighted by atomic mass is 32.2. The number of amides is 1. The molecule has 2 aliphatic heterocycles. The molecule has 0 radical (unpaired) electrons. The third-order valence-electron chi connectivity index (χ3n) is 5.31. The van der Waals surface area contributed by atoms with Gasteiger partial charge < -0.3 is 10.1 Å². The summed E-state index contributed by atoms with van der Waals surface area (Å²) in [5, 5.41) is 3.01. The molecule has 1 aromatic carbocycles. The molecule has 136 valence electrons. The molecule has 1 aliphatic carbocycles. The summed E-state index contributed by atoms with van der Waals surface area (Å²) in [7, 11) is -3.41. The number of morpholine rings is 1. The Bertz CT molecular complexity index is 733. The summed E-state index contributed by atoms with van der Waals surface area (Å²) in [6.45, 7) is 1.36. The van der Waals surface area contributed by atoms with Crippen LogP contribution in [0, 0.1) is 11.8 Å². The maximum atomic E-state index is 12.7. The van der Waals surface area contributed by atoms with E-state index in [0.29, 0.717) is 18.9 Å². The lowest BCUT2D eigenvalue weighted by atomic mass is 9.99. The molecule has 1 saturated carbocycles. The van der Waals surface area contributed by atoms with Crippen LogP contribution in [0.15, 0.2) is 30.3 Å². The average molecular weight is 364 g/mol. The molecule has 2 heterocycles. The van der Waals surface area contributed by atoms with Gasteiger partial charge in [-0.3, -0.25) is 4.79 Å². The highest BCUT2D eigenvalue weighted by Crippen LogP contribution is 2.34. The molecule has 4 rings (SSSR count). The third-order valence-corrected chi connectivity index (χ3v) is 7.09. The summed E-state index contributed by atoms with van der Waals surface area (Å²) in [6.07, 6.45) is 2.49. The minimum atomic E-state index is -3.41. The fourth-order valence-electron chi connectivity index (χ4n) is 3.70. The Morgan fingerprint density at radius 3 is 2.68 bits per heavy atom. The number of sulfonamides is 1. The molecule has 0 spiro atoms. The van der Waals surface area contributed by atoms with Crippen LogP contribution in [0.25, 0.3) is 0 Å². The number of ether oxygens (including phenoxy) is 1. The third kappa shape index (κ3) is 3.88. The standard InChI is InChI=1S/C18H24N2O4S/c21-18(19-9-13-6-7-13)16-8-15-10-20(11-17(16)24-15)25(22,23)12-14-4-2-1-3-5-14/h1-5,13,15-17H,6-12H2,(H,19,21)/t15-,16+,17-/m0/s1. The number of hydrogen-bond donors (Lipinski definition) is 1. The number of fused-ring (bicyclic) bond motifs is 2. The molecule has 6 nitrogen and oxygen atoms in total. The monoisotopic (exact) mass is 364 g/mol. The van der Waals surface area contributed by atoms with Gasteiger partial charge in [-0.2, -0.15) is 4.31 Å². The minimum Gasteiger partial charge on any atom is -0.371 e.